The molecule has 0 unspecified atom stereocenters. The summed E-state index contributed by atoms with van der Waals surface area (Å²) >= 11 is 3.32. The van der Waals surface area contributed by atoms with Crippen molar-refractivity contribution in [3.05, 3.63) is 23.8 Å². The Morgan fingerprint density at radius 1 is 1.53 bits per heavy atom. The Labute approximate surface area is 108 Å². The van der Waals surface area contributed by atoms with Gasteiger partial charge in [-0.2, -0.15) is 0 Å². The van der Waals surface area contributed by atoms with Crippen LogP contribution in [0.25, 0.3) is 10.2 Å². The van der Waals surface area contributed by atoms with Crippen molar-refractivity contribution in [1.29, 1.82) is 0 Å². The normalized spacial score (nSPS) is 10.9. The molecule has 0 aliphatic carbocycles. The first-order chi connectivity index (χ1) is 8.16. The van der Waals surface area contributed by atoms with E-state index < -0.39 is 5.97 Å². The number of rotatable bonds is 5. The van der Waals surface area contributed by atoms with Crippen LogP contribution >= 0.6 is 23.1 Å². The maximum atomic E-state index is 10.4. The number of aryl methyl sites for hydroxylation is 1. The van der Waals surface area contributed by atoms with E-state index in [1.54, 1.807) is 23.1 Å². The first-order valence-corrected chi connectivity index (χ1v) is 7.18. The molecule has 1 heterocycles. The van der Waals surface area contributed by atoms with Crippen molar-refractivity contribution in [2.24, 2.45) is 0 Å². The summed E-state index contributed by atoms with van der Waals surface area (Å²) in [7, 11) is 0. The predicted molar refractivity (Wildman–Crippen MR) is 72.0 cm³/mol. The number of fused-ring (bicyclic) bond motifs is 1. The van der Waals surface area contributed by atoms with E-state index in [2.05, 4.69) is 24.0 Å². The lowest BCUT2D eigenvalue weighted by Gasteiger charge is -1.94. The van der Waals surface area contributed by atoms with Gasteiger partial charge in [0.1, 0.15) is 0 Å². The van der Waals surface area contributed by atoms with Crippen molar-refractivity contribution in [1.82, 2.24) is 4.98 Å². The van der Waals surface area contributed by atoms with E-state index in [0.717, 1.165) is 15.6 Å². The number of aromatic nitrogens is 1. The predicted octanol–water partition coefficient (Wildman–Crippen LogP) is 3.56. The zero-order valence-electron chi connectivity index (χ0n) is 9.47. The number of thioether (sulfide) groups is 1. The Kier molecular flexibility index (Phi) is 4.02. The number of thiazole rings is 1. The van der Waals surface area contributed by atoms with Crippen molar-refractivity contribution in [2.75, 3.05) is 5.75 Å². The molecule has 1 aromatic heterocycles. The van der Waals surface area contributed by atoms with Crippen molar-refractivity contribution in [3.8, 4) is 0 Å². The molecule has 1 N–H and O–H groups in total. The Bertz CT molecular complexity index is 536. The van der Waals surface area contributed by atoms with Crippen LogP contribution in [-0.2, 0) is 4.79 Å². The molecule has 3 nitrogen and oxygen atoms in total. The van der Waals surface area contributed by atoms with E-state index in [4.69, 9.17) is 5.11 Å². The van der Waals surface area contributed by atoms with Crippen molar-refractivity contribution in [3.63, 3.8) is 0 Å². The molecule has 0 aliphatic rings. The van der Waals surface area contributed by atoms with Gasteiger partial charge in [-0.05, 0) is 25.0 Å². The second-order valence-electron chi connectivity index (χ2n) is 3.75. The van der Waals surface area contributed by atoms with Crippen molar-refractivity contribution < 1.29 is 9.90 Å². The van der Waals surface area contributed by atoms with E-state index in [9.17, 15) is 4.79 Å². The van der Waals surface area contributed by atoms with Gasteiger partial charge in [-0.25, -0.2) is 4.98 Å². The van der Waals surface area contributed by atoms with Crippen LogP contribution < -0.4 is 0 Å². The highest BCUT2D eigenvalue weighted by Crippen LogP contribution is 2.31. The van der Waals surface area contributed by atoms with Crippen LogP contribution in [-0.4, -0.2) is 21.8 Å². The summed E-state index contributed by atoms with van der Waals surface area (Å²) in [6.07, 6.45) is 0.922. The van der Waals surface area contributed by atoms with Gasteiger partial charge in [-0.3, -0.25) is 4.79 Å². The molecule has 90 valence electrons. The molecule has 17 heavy (non-hydrogen) atoms. The van der Waals surface area contributed by atoms with E-state index in [1.165, 1.54) is 10.3 Å². The maximum Gasteiger partial charge on any atom is 0.303 e. The molecule has 0 saturated carbocycles. The average molecular weight is 267 g/mol. The van der Waals surface area contributed by atoms with Gasteiger partial charge in [-0.15, -0.1) is 11.3 Å². The lowest BCUT2D eigenvalue weighted by Crippen LogP contribution is -1.94. The third-order valence-electron chi connectivity index (χ3n) is 2.36. The summed E-state index contributed by atoms with van der Waals surface area (Å²) in [4.78, 5) is 14.9. The number of hydrogen-bond acceptors (Lipinski definition) is 4. The zero-order valence-corrected chi connectivity index (χ0v) is 11.1. The highest BCUT2D eigenvalue weighted by Gasteiger charge is 2.06. The first-order valence-electron chi connectivity index (χ1n) is 5.37. The van der Waals surface area contributed by atoms with Crippen molar-refractivity contribution >= 4 is 39.3 Å². The zero-order chi connectivity index (χ0) is 12.3. The topological polar surface area (TPSA) is 50.2 Å². The number of nitrogens with zero attached hydrogens (tertiary/aromatic N) is 1. The summed E-state index contributed by atoms with van der Waals surface area (Å²) in [5.74, 6) is 0.0799. The number of carbonyl (C=O) groups is 1. The minimum absolute atomic E-state index is 0.233. The molecule has 1 aromatic carbocycles. The monoisotopic (exact) mass is 267 g/mol. The van der Waals surface area contributed by atoms with Gasteiger partial charge in [0.15, 0.2) is 4.34 Å². The smallest absolute Gasteiger partial charge is 0.303 e. The fraction of sp³-hybridized carbons (Fsp3) is 0.333. The molecule has 0 bridgehead atoms. The molecule has 0 aliphatic heterocycles. The fourth-order valence-corrected chi connectivity index (χ4v) is 3.66. The van der Waals surface area contributed by atoms with E-state index >= 15 is 0 Å². The first kappa shape index (κ1) is 12.4. The molecule has 2 rings (SSSR count). The minimum Gasteiger partial charge on any atom is -0.481 e. The second-order valence-corrected chi connectivity index (χ2v) is 6.12. The molecule has 0 fully saturated rings. The summed E-state index contributed by atoms with van der Waals surface area (Å²) in [6, 6.07) is 6.16. The van der Waals surface area contributed by atoms with Gasteiger partial charge in [0.05, 0.1) is 10.2 Å². The van der Waals surface area contributed by atoms with E-state index in [0.29, 0.717) is 6.42 Å². The Hall–Kier alpha value is -1.07. The third kappa shape index (κ3) is 3.20. The van der Waals surface area contributed by atoms with Crippen LogP contribution in [0.1, 0.15) is 18.4 Å². The van der Waals surface area contributed by atoms with Gasteiger partial charge in [0.2, 0.25) is 0 Å². The van der Waals surface area contributed by atoms with E-state index in [1.807, 2.05) is 6.07 Å². The standard InChI is InChI=1S/C12H13NO2S2/c1-8-4-2-5-9-11(8)13-12(17-9)16-7-3-6-10(14)15/h2,4-5H,3,6-7H2,1H3,(H,14,15). The molecular formula is C12H13NO2S2. The largest absolute Gasteiger partial charge is 0.481 e. The van der Waals surface area contributed by atoms with Gasteiger partial charge < -0.3 is 5.11 Å². The van der Waals surface area contributed by atoms with Gasteiger partial charge in [-0.1, -0.05) is 23.9 Å². The SMILES string of the molecule is Cc1cccc2sc(SCCCC(=O)O)nc12. The third-order valence-corrected chi connectivity index (χ3v) is 4.61. The number of hydrogen-bond donors (Lipinski definition) is 1. The summed E-state index contributed by atoms with van der Waals surface area (Å²) < 4.78 is 2.23. The second kappa shape index (κ2) is 5.51. The number of para-hydroxylation sites is 1. The number of carboxylic acids is 1. The van der Waals surface area contributed by atoms with Crippen LogP contribution in [0.5, 0.6) is 0 Å². The molecule has 2 aromatic rings. The molecule has 0 radical (unpaired) electrons. The van der Waals surface area contributed by atoms with Gasteiger partial charge in [0.25, 0.3) is 0 Å². The number of benzene rings is 1. The van der Waals surface area contributed by atoms with Gasteiger partial charge >= 0.3 is 5.97 Å². The Morgan fingerprint density at radius 3 is 3.06 bits per heavy atom. The highest BCUT2D eigenvalue weighted by molar-refractivity contribution is 8.01. The van der Waals surface area contributed by atoms with Crippen LogP contribution in [0.4, 0.5) is 0 Å². The Balaban J connectivity index is 2.00. The van der Waals surface area contributed by atoms with E-state index in [-0.39, 0.29) is 6.42 Å². The molecule has 5 heteroatoms. The van der Waals surface area contributed by atoms with Gasteiger partial charge in [0, 0.05) is 12.2 Å². The molecule has 0 atom stereocenters. The maximum absolute atomic E-state index is 10.4. The summed E-state index contributed by atoms with van der Waals surface area (Å²) in [5, 5.41) is 8.54. The average Bonchev–Trinajstić information content (AvgIpc) is 2.69. The molecule has 0 amide bonds. The van der Waals surface area contributed by atoms with Crippen LogP contribution in [0.2, 0.25) is 0 Å². The van der Waals surface area contributed by atoms with Crippen molar-refractivity contribution in [2.45, 2.75) is 24.1 Å². The summed E-state index contributed by atoms with van der Waals surface area (Å²) in [6.45, 7) is 2.06. The minimum atomic E-state index is -0.731. The Morgan fingerprint density at radius 2 is 2.35 bits per heavy atom. The number of carboxylic acid groups (broad SMARTS) is 1. The highest BCUT2D eigenvalue weighted by atomic mass is 32.2. The quantitative estimate of drug-likeness (QED) is 0.664. The lowest BCUT2D eigenvalue weighted by molar-refractivity contribution is -0.137. The molecular weight excluding hydrogens is 254 g/mol. The summed E-state index contributed by atoms with van der Waals surface area (Å²) in [5.41, 5.74) is 2.26. The lowest BCUT2D eigenvalue weighted by atomic mass is 10.2. The number of aliphatic carboxylic acids is 1. The van der Waals surface area contributed by atoms with Crippen LogP contribution in [0.15, 0.2) is 22.5 Å². The molecule has 0 saturated heterocycles. The fourth-order valence-electron chi connectivity index (χ4n) is 1.51. The van der Waals surface area contributed by atoms with Crippen LogP contribution in [0, 0.1) is 6.92 Å². The van der Waals surface area contributed by atoms with Crippen LogP contribution in [0.3, 0.4) is 0 Å². The molecule has 0 spiro atoms.